The summed E-state index contributed by atoms with van der Waals surface area (Å²) in [6, 6.07) is 5.77. The molecule has 1 aromatic carbocycles. The van der Waals surface area contributed by atoms with Gasteiger partial charge in [-0.2, -0.15) is 0 Å². The van der Waals surface area contributed by atoms with Gasteiger partial charge in [0.15, 0.2) is 6.29 Å². The van der Waals surface area contributed by atoms with Crippen molar-refractivity contribution in [3.05, 3.63) is 34.3 Å². The van der Waals surface area contributed by atoms with E-state index < -0.39 is 6.10 Å². The van der Waals surface area contributed by atoms with Gasteiger partial charge in [-0.25, -0.2) is 0 Å². The fourth-order valence-corrected chi connectivity index (χ4v) is 3.05. The highest BCUT2D eigenvalue weighted by Crippen LogP contribution is 2.44. The molecule has 2 fully saturated rings. The zero-order valence-electron chi connectivity index (χ0n) is 9.58. The molecule has 3 aliphatic heterocycles. The number of ether oxygens (including phenoxy) is 3. The highest BCUT2D eigenvalue weighted by Gasteiger charge is 2.59. The second-order valence-corrected chi connectivity index (χ2v) is 5.38. The van der Waals surface area contributed by atoms with Crippen molar-refractivity contribution in [3.63, 3.8) is 0 Å². The number of hydrogen-bond acceptors (Lipinski definition) is 4. The summed E-state index contributed by atoms with van der Waals surface area (Å²) in [5, 5.41) is 10.8. The molecule has 0 spiro atoms. The summed E-state index contributed by atoms with van der Waals surface area (Å²) in [6.45, 7) is 0.626. The molecular weight excluding hydrogens is 256 g/mol. The summed E-state index contributed by atoms with van der Waals surface area (Å²) in [5.74, 6) is 0. The smallest absolute Gasteiger partial charge is 0.187 e. The number of benzene rings is 1. The Labute approximate surface area is 109 Å². The summed E-state index contributed by atoms with van der Waals surface area (Å²) in [5.41, 5.74) is 2.24. The number of fused-ring (bicyclic) bond motifs is 2. The second-order valence-electron chi connectivity index (χ2n) is 4.94. The second kappa shape index (κ2) is 3.92. The predicted octanol–water partition coefficient (Wildman–Crippen LogP) is 1.44. The molecule has 0 saturated carbocycles. The fraction of sp³-hybridized carbons (Fsp3) is 0.538. The third-order valence-corrected chi connectivity index (χ3v) is 4.06. The van der Waals surface area contributed by atoms with Crippen LogP contribution in [-0.4, -0.2) is 36.3 Å². The van der Waals surface area contributed by atoms with Gasteiger partial charge in [0.2, 0.25) is 0 Å². The van der Waals surface area contributed by atoms with Gasteiger partial charge in [-0.3, -0.25) is 0 Å². The molecule has 1 N–H and O–H groups in total. The molecule has 3 aliphatic rings. The van der Waals surface area contributed by atoms with Gasteiger partial charge in [-0.05, 0) is 29.7 Å². The van der Waals surface area contributed by atoms with E-state index in [-0.39, 0.29) is 24.6 Å². The summed E-state index contributed by atoms with van der Waals surface area (Å²) in [4.78, 5) is 0. The Morgan fingerprint density at radius 3 is 2.83 bits per heavy atom. The van der Waals surface area contributed by atoms with Gasteiger partial charge in [-0.15, -0.1) is 0 Å². The van der Waals surface area contributed by atoms with Gasteiger partial charge in [0.1, 0.15) is 24.4 Å². The SMILES string of the molecule is O[C@H]1[C@H]2O[C@H]2O[C@@H]1[C@@H]1OCCc2cc(Cl)ccc21. The van der Waals surface area contributed by atoms with Gasteiger partial charge in [0.05, 0.1) is 6.61 Å². The number of epoxide rings is 1. The van der Waals surface area contributed by atoms with Gasteiger partial charge in [0, 0.05) is 5.02 Å². The molecule has 2 saturated heterocycles. The van der Waals surface area contributed by atoms with Gasteiger partial charge in [-0.1, -0.05) is 17.7 Å². The lowest BCUT2D eigenvalue weighted by Gasteiger charge is -2.32. The molecule has 1 aromatic rings. The van der Waals surface area contributed by atoms with E-state index in [0.29, 0.717) is 6.61 Å². The maximum absolute atomic E-state index is 10.1. The van der Waals surface area contributed by atoms with Crippen LogP contribution in [0.3, 0.4) is 0 Å². The van der Waals surface area contributed by atoms with Gasteiger partial charge < -0.3 is 19.3 Å². The minimum absolute atomic E-state index is 0.170. The normalized spacial score (nSPS) is 41.3. The molecule has 3 heterocycles. The molecule has 0 aliphatic carbocycles. The molecule has 0 unspecified atom stereocenters. The Morgan fingerprint density at radius 2 is 2.06 bits per heavy atom. The number of aliphatic hydroxyl groups is 1. The van der Waals surface area contributed by atoms with Crippen LogP contribution in [0.4, 0.5) is 0 Å². The van der Waals surface area contributed by atoms with E-state index in [1.165, 1.54) is 5.56 Å². The Bertz CT molecular complexity index is 492. The maximum Gasteiger partial charge on any atom is 0.187 e. The molecule has 0 amide bonds. The first kappa shape index (κ1) is 11.2. The standard InChI is InChI=1S/C13H13ClO4/c14-7-1-2-8-6(5-7)3-4-16-10(8)11-9(15)12-13(17-11)18-12/h1-2,5,9-13,15H,3-4H2/t9-,10-,11+,12-,13-/m1/s1. The van der Waals surface area contributed by atoms with Gasteiger partial charge >= 0.3 is 0 Å². The molecule has 5 atom stereocenters. The van der Waals surface area contributed by atoms with E-state index in [9.17, 15) is 5.11 Å². The van der Waals surface area contributed by atoms with Crippen LogP contribution in [0.2, 0.25) is 5.02 Å². The maximum atomic E-state index is 10.1. The number of rotatable bonds is 1. The van der Waals surface area contributed by atoms with Crippen molar-refractivity contribution >= 4 is 11.6 Å². The number of halogens is 1. The summed E-state index contributed by atoms with van der Waals surface area (Å²) >= 11 is 6.00. The van der Waals surface area contributed by atoms with E-state index >= 15 is 0 Å². The molecule has 0 aromatic heterocycles. The van der Waals surface area contributed by atoms with Crippen molar-refractivity contribution < 1.29 is 19.3 Å². The summed E-state index contributed by atoms with van der Waals surface area (Å²) in [6.07, 6.45) is -0.742. The van der Waals surface area contributed by atoms with E-state index in [2.05, 4.69) is 0 Å². The van der Waals surface area contributed by atoms with Crippen LogP contribution >= 0.6 is 11.6 Å². The number of hydrogen-bond donors (Lipinski definition) is 1. The largest absolute Gasteiger partial charge is 0.387 e. The van der Waals surface area contributed by atoms with Crippen LogP contribution in [0.1, 0.15) is 17.2 Å². The Kier molecular flexibility index (Phi) is 2.44. The van der Waals surface area contributed by atoms with Crippen molar-refractivity contribution in [2.24, 2.45) is 0 Å². The molecule has 4 rings (SSSR count). The molecule has 0 bridgehead atoms. The first-order chi connectivity index (χ1) is 8.74. The monoisotopic (exact) mass is 268 g/mol. The zero-order valence-corrected chi connectivity index (χ0v) is 10.3. The molecule has 4 nitrogen and oxygen atoms in total. The highest BCUT2D eigenvalue weighted by atomic mass is 35.5. The van der Waals surface area contributed by atoms with Crippen molar-refractivity contribution in [1.82, 2.24) is 0 Å². The van der Waals surface area contributed by atoms with Crippen LogP contribution in [0, 0.1) is 0 Å². The van der Waals surface area contributed by atoms with E-state index in [1.807, 2.05) is 18.2 Å². The lowest BCUT2D eigenvalue weighted by Crippen LogP contribution is -2.37. The average molecular weight is 269 g/mol. The predicted molar refractivity (Wildman–Crippen MR) is 63.4 cm³/mol. The molecular formula is C13H13ClO4. The van der Waals surface area contributed by atoms with E-state index in [0.717, 1.165) is 17.0 Å². The van der Waals surface area contributed by atoms with Crippen LogP contribution in [0.5, 0.6) is 0 Å². The third-order valence-electron chi connectivity index (χ3n) is 3.83. The minimum Gasteiger partial charge on any atom is -0.387 e. The Hall–Kier alpha value is -0.650. The lowest BCUT2D eigenvalue weighted by atomic mass is 9.92. The molecule has 18 heavy (non-hydrogen) atoms. The molecule has 96 valence electrons. The Balaban J connectivity index is 1.67. The summed E-state index contributed by atoms with van der Waals surface area (Å²) in [7, 11) is 0. The first-order valence-electron chi connectivity index (χ1n) is 6.13. The van der Waals surface area contributed by atoms with Crippen molar-refractivity contribution in [3.8, 4) is 0 Å². The van der Waals surface area contributed by atoms with Crippen LogP contribution in [0.15, 0.2) is 18.2 Å². The van der Waals surface area contributed by atoms with Gasteiger partial charge in [0.25, 0.3) is 0 Å². The van der Waals surface area contributed by atoms with Crippen LogP contribution in [-0.2, 0) is 20.6 Å². The summed E-state index contributed by atoms with van der Waals surface area (Å²) < 4.78 is 16.6. The van der Waals surface area contributed by atoms with E-state index in [1.54, 1.807) is 0 Å². The zero-order chi connectivity index (χ0) is 12.3. The number of aliphatic hydroxyl groups excluding tert-OH is 1. The lowest BCUT2D eigenvalue weighted by molar-refractivity contribution is -0.141. The topological polar surface area (TPSA) is 51.2 Å². The van der Waals surface area contributed by atoms with Crippen LogP contribution < -0.4 is 0 Å². The van der Waals surface area contributed by atoms with Crippen molar-refractivity contribution in [2.45, 2.75) is 37.1 Å². The molecule has 0 radical (unpaired) electrons. The Morgan fingerprint density at radius 1 is 1.22 bits per heavy atom. The first-order valence-corrected chi connectivity index (χ1v) is 6.51. The van der Waals surface area contributed by atoms with Crippen molar-refractivity contribution in [2.75, 3.05) is 6.61 Å². The van der Waals surface area contributed by atoms with E-state index in [4.69, 9.17) is 25.8 Å². The fourth-order valence-electron chi connectivity index (χ4n) is 2.86. The molecule has 5 heteroatoms. The highest BCUT2D eigenvalue weighted by molar-refractivity contribution is 6.30. The quantitative estimate of drug-likeness (QED) is 0.783. The van der Waals surface area contributed by atoms with Crippen LogP contribution in [0.25, 0.3) is 0 Å². The van der Waals surface area contributed by atoms with Crippen molar-refractivity contribution in [1.29, 1.82) is 0 Å². The minimum atomic E-state index is -0.610. The third kappa shape index (κ3) is 1.61. The average Bonchev–Trinajstić information content (AvgIpc) is 3.07.